The lowest BCUT2D eigenvalue weighted by Crippen LogP contribution is -2.34. The second-order valence-corrected chi connectivity index (χ2v) is 9.06. The normalized spacial score (nSPS) is 14.3. The first-order valence-electron chi connectivity index (χ1n) is 10.8. The molecule has 1 amide bonds. The van der Waals surface area contributed by atoms with Crippen LogP contribution >= 0.6 is 36.2 Å². The van der Waals surface area contributed by atoms with Crippen molar-refractivity contribution in [3.8, 4) is 11.1 Å². The fraction of sp³-hybridized carbons (Fsp3) is 0.231. The number of aromatic nitrogens is 1. The van der Waals surface area contributed by atoms with E-state index in [0.717, 1.165) is 45.7 Å². The number of nitrogens with one attached hydrogen (secondary N) is 1. The van der Waals surface area contributed by atoms with E-state index < -0.39 is 6.17 Å². The predicted molar refractivity (Wildman–Crippen MR) is 143 cm³/mol. The number of fused-ring (bicyclic) bond motifs is 1. The summed E-state index contributed by atoms with van der Waals surface area (Å²) in [6, 6.07) is 21.8. The minimum atomic E-state index is -0.702. The van der Waals surface area contributed by atoms with Crippen LogP contribution in [0, 0.1) is 0 Å². The molecule has 3 aromatic carbocycles. The van der Waals surface area contributed by atoms with Crippen LogP contribution in [0.25, 0.3) is 21.3 Å². The maximum Gasteiger partial charge on any atom is 0.255 e. The van der Waals surface area contributed by atoms with Crippen molar-refractivity contribution in [2.45, 2.75) is 25.6 Å². The number of hydrogen-bond donors (Lipinski definition) is 1. The van der Waals surface area contributed by atoms with Crippen molar-refractivity contribution in [3.63, 3.8) is 0 Å². The first kappa shape index (κ1) is 26.1. The van der Waals surface area contributed by atoms with Gasteiger partial charge in [0.1, 0.15) is 6.17 Å². The Morgan fingerprint density at radius 3 is 2.56 bits per heavy atom. The average Bonchev–Trinajstić information content (AvgIpc) is 3.29. The lowest BCUT2D eigenvalue weighted by molar-refractivity contribution is 0.102. The van der Waals surface area contributed by atoms with Crippen LogP contribution in [0.4, 0.5) is 10.1 Å². The minimum absolute atomic E-state index is 0. The lowest BCUT2D eigenvalue weighted by atomic mass is 9.96. The fourth-order valence-electron chi connectivity index (χ4n) is 4.20. The highest BCUT2D eigenvalue weighted by molar-refractivity contribution is 7.16. The van der Waals surface area contributed by atoms with Crippen LogP contribution in [0.5, 0.6) is 0 Å². The fourth-order valence-corrected chi connectivity index (χ4v) is 4.86. The number of nitrogens with zero attached hydrogens (tertiary/aromatic N) is 2. The third-order valence-corrected chi connectivity index (χ3v) is 6.76. The summed E-state index contributed by atoms with van der Waals surface area (Å²) in [5.74, 6) is -0.150. The standard InChI is InChI=1S/C26H24FN3OS.2ClH/c27-21-10-12-30(13-11-21)16-20-14-19(6-8-23(20)18-4-2-1-3-5-18)26(31)29-22-7-9-25-24(15-22)28-17-32-25;;/h1-9,14-15,17,21H,10-13,16H2,(H,29,31);2*1H. The number of rotatable bonds is 5. The Balaban J connectivity index is 0.00000162. The number of anilines is 1. The number of piperidine rings is 1. The van der Waals surface area contributed by atoms with E-state index in [1.807, 2.05) is 54.6 Å². The zero-order valence-electron chi connectivity index (χ0n) is 18.4. The number of carbonyl (C=O) groups excluding carboxylic acids is 1. The molecule has 1 fully saturated rings. The summed E-state index contributed by atoms with van der Waals surface area (Å²) in [5, 5.41) is 3.00. The summed E-state index contributed by atoms with van der Waals surface area (Å²) in [4.78, 5) is 19.6. The largest absolute Gasteiger partial charge is 0.322 e. The molecule has 178 valence electrons. The first-order valence-corrected chi connectivity index (χ1v) is 11.7. The monoisotopic (exact) mass is 517 g/mol. The van der Waals surface area contributed by atoms with Crippen LogP contribution in [0.15, 0.2) is 72.2 Å². The third-order valence-electron chi connectivity index (χ3n) is 5.95. The molecule has 0 aliphatic carbocycles. The van der Waals surface area contributed by atoms with Crippen LogP contribution < -0.4 is 5.32 Å². The molecule has 1 aliphatic rings. The molecule has 0 atom stereocenters. The maximum atomic E-state index is 13.6. The van der Waals surface area contributed by atoms with E-state index in [-0.39, 0.29) is 30.7 Å². The number of alkyl halides is 1. The van der Waals surface area contributed by atoms with Crippen molar-refractivity contribution in [2.24, 2.45) is 0 Å². The van der Waals surface area contributed by atoms with Gasteiger partial charge in [-0.15, -0.1) is 36.2 Å². The van der Waals surface area contributed by atoms with Crippen molar-refractivity contribution in [1.29, 1.82) is 0 Å². The molecule has 1 N–H and O–H groups in total. The molecule has 5 rings (SSSR count). The zero-order chi connectivity index (χ0) is 21.9. The Morgan fingerprint density at radius 2 is 1.79 bits per heavy atom. The maximum absolute atomic E-state index is 13.6. The molecule has 0 bridgehead atoms. The van der Waals surface area contributed by atoms with Crippen molar-refractivity contribution in [3.05, 3.63) is 83.4 Å². The molecular formula is C26H26Cl2FN3OS. The van der Waals surface area contributed by atoms with E-state index >= 15 is 0 Å². The van der Waals surface area contributed by atoms with E-state index in [1.165, 1.54) is 0 Å². The van der Waals surface area contributed by atoms with E-state index in [4.69, 9.17) is 0 Å². The Kier molecular flexibility index (Phi) is 9.03. The second-order valence-electron chi connectivity index (χ2n) is 8.18. The van der Waals surface area contributed by atoms with Crippen LogP contribution in [0.3, 0.4) is 0 Å². The van der Waals surface area contributed by atoms with Crippen LogP contribution in [-0.2, 0) is 6.54 Å². The number of hydrogen-bond acceptors (Lipinski definition) is 4. The molecule has 34 heavy (non-hydrogen) atoms. The van der Waals surface area contributed by atoms with Gasteiger partial charge in [0.25, 0.3) is 5.91 Å². The molecule has 1 saturated heterocycles. The summed E-state index contributed by atoms with van der Waals surface area (Å²) in [5.41, 5.74) is 7.32. The van der Waals surface area contributed by atoms with Crippen molar-refractivity contribution in [2.75, 3.05) is 18.4 Å². The van der Waals surface area contributed by atoms with Gasteiger partial charge in [-0.3, -0.25) is 9.69 Å². The number of likely N-dealkylation sites (tertiary alicyclic amines) is 1. The van der Waals surface area contributed by atoms with Gasteiger partial charge in [0.05, 0.1) is 15.7 Å². The topological polar surface area (TPSA) is 45.2 Å². The molecule has 1 aromatic heterocycles. The Hall–Kier alpha value is -2.51. The first-order chi connectivity index (χ1) is 15.7. The zero-order valence-corrected chi connectivity index (χ0v) is 20.9. The summed E-state index contributed by atoms with van der Waals surface area (Å²) in [6.45, 7) is 2.17. The number of thiazole rings is 1. The summed E-state index contributed by atoms with van der Waals surface area (Å²) >= 11 is 1.58. The van der Waals surface area contributed by atoms with Gasteiger partial charge in [0.15, 0.2) is 0 Å². The predicted octanol–water partition coefficient (Wildman–Crippen LogP) is 6.99. The van der Waals surface area contributed by atoms with E-state index in [9.17, 15) is 9.18 Å². The molecule has 4 aromatic rings. The lowest BCUT2D eigenvalue weighted by Gasteiger charge is -2.29. The number of amides is 1. The van der Waals surface area contributed by atoms with Gasteiger partial charge in [-0.25, -0.2) is 9.37 Å². The summed E-state index contributed by atoms with van der Waals surface area (Å²) < 4.78 is 14.7. The molecule has 8 heteroatoms. The molecule has 4 nitrogen and oxygen atoms in total. The quantitative estimate of drug-likeness (QED) is 0.310. The SMILES string of the molecule is Cl.Cl.O=C(Nc1ccc2scnc2c1)c1ccc(-c2ccccc2)c(CN2CCC(F)CC2)c1. The van der Waals surface area contributed by atoms with Gasteiger partial charge in [0, 0.05) is 30.9 Å². The van der Waals surface area contributed by atoms with Gasteiger partial charge >= 0.3 is 0 Å². The van der Waals surface area contributed by atoms with Crippen molar-refractivity contribution < 1.29 is 9.18 Å². The van der Waals surface area contributed by atoms with Gasteiger partial charge in [-0.1, -0.05) is 36.4 Å². The highest BCUT2D eigenvalue weighted by atomic mass is 35.5. The van der Waals surface area contributed by atoms with E-state index in [0.29, 0.717) is 24.9 Å². The second kappa shape index (κ2) is 11.8. The van der Waals surface area contributed by atoms with Crippen molar-refractivity contribution >= 4 is 58.0 Å². The summed E-state index contributed by atoms with van der Waals surface area (Å²) in [6.07, 6.45) is 0.437. The molecule has 0 spiro atoms. The number of carbonyl (C=O) groups is 1. The van der Waals surface area contributed by atoms with Gasteiger partial charge in [-0.2, -0.15) is 0 Å². The van der Waals surface area contributed by atoms with Crippen molar-refractivity contribution in [1.82, 2.24) is 9.88 Å². The Labute approximate surface area is 215 Å². The molecular weight excluding hydrogens is 492 g/mol. The summed E-state index contributed by atoms with van der Waals surface area (Å²) in [7, 11) is 0. The van der Waals surface area contributed by atoms with Gasteiger partial charge in [0.2, 0.25) is 0 Å². The number of halogens is 3. The van der Waals surface area contributed by atoms with Crippen LogP contribution in [0.2, 0.25) is 0 Å². The smallest absolute Gasteiger partial charge is 0.255 e. The number of benzene rings is 3. The molecule has 0 radical (unpaired) electrons. The molecule has 1 aliphatic heterocycles. The average molecular weight is 518 g/mol. The third kappa shape index (κ3) is 5.94. The van der Waals surface area contributed by atoms with Gasteiger partial charge in [-0.05, 0) is 59.9 Å². The minimum Gasteiger partial charge on any atom is -0.322 e. The Bertz CT molecular complexity index is 1240. The van der Waals surface area contributed by atoms with Crippen LogP contribution in [-0.4, -0.2) is 35.1 Å². The molecule has 0 saturated carbocycles. The molecule has 0 unspecified atom stereocenters. The van der Waals surface area contributed by atoms with Gasteiger partial charge < -0.3 is 5.32 Å². The van der Waals surface area contributed by atoms with E-state index in [1.54, 1.807) is 16.8 Å². The van der Waals surface area contributed by atoms with E-state index in [2.05, 4.69) is 27.3 Å². The Morgan fingerprint density at radius 1 is 1.03 bits per heavy atom. The van der Waals surface area contributed by atoms with Crippen LogP contribution in [0.1, 0.15) is 28.8 Å². The molecule has 2 heterocycles. The highest BCUT2D eigenvalue weighted by Gasteiger charge is 2.20. The highest BCUT2D eigenvalue weighted by Crippen LogP contribution is 2.28.